The molecule has 0 radical (unpaired) electrons. The topological polar surface area (TPSA) is 25.8 Å². The first-order chi connectivity index (χ1) is 19.5. The minimum Gasteiger partial charge on any atom is -0.264 e. The summed E-state index contributed by atoms with van der Waals surface area (Å²) in [6.45, 7) is 14.6. The first-order valence-electron chi connectivity index (χ1n) is 14.5. The molecule has 0 saturated carbocycles. The van der Waals surface area contributed by atoms with Gasteiger partial charge < -0.3 is 0 Å². The molecule has 1 aliphatic rings. The lowest BCUT2D eigenvalue weighted by Gasteiger charge is -2.45. The van der Waals surface area contributed by atoms with Crippen LogP contribution in [0, 0.1) is 5.92 Å². The smallest absolute Gasteiger partial charge is 0.0591 e. The van der Waals surface area contributed by atoms with Crippen LogP contribution in [0.3, 0.4) is 0 Å². The predicted molar refractivity (Wildman–Crippen MR) is 182 cm³/mol. The van der Waals surface area contributed by atoms with Gasteiger partial charge in [-0.15, -0.1) is 9.24 Å². The van der Waals surface area contributed by atoms with E-state index in [-0.39, 0.29) is 24.2 Å². The molecule has 0 fully saturated rings. The lowest BCUT2D eigenvalue weighted by atomic mass is 9.78. The zero-order chi connectivity index (χ0) is 29.3. The number of allylic oxidation sites excluding steroid dienone is 4. The van der Waals surface area contributed by atoms with E-state index in [4.69, 9.17) is 0 Å². The van der Waals surface area contributed by atoms with Crippen molar-refractivity contribution in [2.75, 3.05) is 6.16 Å². The Kier molecular flexibility index (Phi) is 8.48. The predicted octanol–water partition coefficient (Wildman–Crippen LogP) is 9.84. The maximum Gasteiger partial charge on any atom is 0.0591 e. The van der Waals surface area contributed by atoms with Crippen molar-refractivity contribution in [3.05, 3.63) is 144 Å². The Bertz CT molecular complexity index is 1460. The maximum absolute atomic E-state index is 4.60. The van der Waals surface area contributed by atoms with Crippen LogP contribution in [-0.4, -0.2) is 26.4 Å². The molecule has 2 aromatic heterocycles. The van der Waals surface area contributed by atoms with E-state index in [0.717, 1.165) is 17.3 Å². The van der Waals surface area contributed by atoms with E-state index in [1.54, 1.807) is 0 Å². The summed E-state index contributed by atoms with van der Waals surface area (Å²) >= 11 is 0. The van der Waals surface area contributed by atoms with Gasteiger partial charge in [0.2, 0.25) is 0 Å². The summed E-state index contributed by atoms with van der Waals surface area (Å²) in [5.41, 5.74) is 9.00. The van der Waals surface area contributed by atoms with Crippen LogP contribution in [0.1, 0.15) is 63.8 Å². The molecule has 2 aromatic carbocycles. The highest BCUT2D eigenvalue weighted by Crippen LogP contribution is 2.65. The van der Waals surface area contributed by atoms with Crippen molar-refractivity contribution in [1.82, 2.24) is 9.97 Å². The summed E-state index contributed by atoms with van der Waals surface area (Å²) < 4.78 is 0. The molecular weight excluding hydrogens is 534 g/mol. The van der Waals surface area contributed by atoms with Crippen LogP contribution in [0.2, 0.25) is 0 Å². The molecule has 210 valence electrons. The molecule has 0 spiro atoms. The van der Waals surface area contributed by atoms with Crippen LogP contribution in [-0.2, 0) is 5.16 Å². The minimum atomic E-state index is -0.486. The molecule has 5 rings (SSSR count). The van der Waals surface area contributed by atoms with Crippen LogP contribution in [0.5, 0.6) is 0 Å². The molecule has 0 bridgehead atoms. The third kappa shape index (κ3) is 6.02. The summed E-state index contributed by atoms with van der Waals surface area (Å²) in [6, 6.07) is 30.5. The maximum atomic E-state index is 4.60. The highest BCUT2D eigenvalue weighted by atomic mass is 31.1. The molecule has 4 heteroatoms. The normalized spacial score (nSPS) is 16.3. The molecular formula is C37H42N2P2. The highest BCUT2D eigenvalue weighted by molar-refractivity contribution is 7.60. The second-order valence-corrected chi connectivity index (χ2v) is 17.7. The van der Waals surface area contributed by atoms with Crippen molar-refractivity contribution in [3.8, 4) is 0 Å². The molecule has 0 amide bonds. The summed E-state index contributed by atoms with van der Waals surface area (Å²) in [7, 11) is 2.89. The Morgan fingerprint density at radius 2 is 1.15 bits per heavy atom. The lowest BCUT2D eigenvalue weighted by Crippen LogP contribution is -2.33. The Hall–Kier alpha value is -2.92. The summed E-state index contributed by atoms with van der Waals surface area (Å²) in [4.78, 5) is 9.19. The van der Waals surface area contributed by atoms with E-state index >= 15 is 0 Å². The fourth-order valence-corrected chi connectivity index (χ4v) is 11.0. The van der Waals surface area contributed by atoms with Gasteiger partial charge in [-0.05, 0) is 67.6 Å². The standard InChI is InChI=1S/C37H42N2P2/c1-35(2,3)41(36(4,5)6)26-32-33(37(40,29-19-13-21-38-24-29)30-20-14-22-39-25-30)23-31(27-15-9-7-10-16-27)34(32)28-17-11-8-12-18-28/h7-25,32H,26,40H2,1-6H3. The molecule has 0 aliphatic heterocycles. The van der Waals surface area contributed by atoms with Crippen molar-refractivity contribution in [1.29, 1.82) is 0 Å². The fourth-order valence-electron chi connectivity index (χ4n) is 6.51. The summed E-state index contributed by atoms with van der Waals surface area (Å²) in [5, 5.41) is -0.0925. The molecule has 41 heavy (non-hydrogen) atoms. The van der Waals surface area contributed by atoms with Gasteiger partial charge in [0.15, 0.2) is 0 Å². The molecule has 0 saturated heterocycles. The number of rotatable bonds is 7. The van der Waals surface area contributed by atoms with Crippen molar-refractivity contribution in [2.24, 2.45) is 5.92 Å². The average Bonchev–Trinajstić information content (AvgIpc) is 3.36. The summed E-state index contributed by atoms with van der Waals surface area (Å²) in [6.07, 6.45) is 11.4. The van der Waals surface area contributed by atoms with Crippen LogP contribution in [0.4, 0.5) is 0 Å². The third-order valence-electron chi connectivity index (χ3n) is 8.16. The van der Waals surface area contributed by atoms with E-state index in [1.165, 1.54) is 27.8 Å². The Balaban J connectivity index is 1.82. The molecule has 2 nitrogen and oxygen atoms in total. The first kappa shape index (κ1) is 29.6. The van der Waals surface area contributed by atoms with Gasteiger partial charge in [0.1, 0.15) is 0 Å². The summed E-state index contributed by atoms with van der Waals surface area (Å²) in [5.74, 6) is 0.218. The van der Waals surface area contributed by atoms with Crippen LogP contribution in [0.15, 0.2) is 121 Å². The van der Waals surface area contributed by atoms with Crippen molar-refractivity contribution >= 4 is 28.3 Å². The average molecular weight is 577 g/mol. The third-order valence-corrected chi connectivity index (χ3v) is 13.1. The number of hydrogen-bond donors (Lipinski definition) is 0. The quantitative estimate of drug-likeness (QED) is 0.205. The van der Waals surface area contributed by atoms with Crippen LogP contribution in [0.25, 0.3) is 11.1 Å². The SMILES string of the molecule is CC(C)(C)P(CC1C(C(P)(c2cccnc2)c2cccnc2)=CC(c2ccccc2)=C1c1ccccc1)C(C)(C)C. The second-order valence-electron chi connectivity index (χ2n) is 13.0. The van der Waals surface area contributed by atoms with Gasteiger partial charge in [-0.1, -0.05) is 128 Å². The second kappa shape index (κ2) is 11.8. The molecule has 0 N–H and O–H groups in total. The largest absolute Gasteiger partial charge is 0.264 e. The van der Waals surface area contributed by atoms with Gasteiger partial charge in [-0.25, -0.2) is 0 Å². The van der Waals surface area contributed by atoms with Crippen molar-refractivity contribution < 1.29 is 0 Å². The van der Waals surface area contributed by atoms with E-state index in [2.05, 4.69) is 152 Å². The molecule has 4 aromatic rings. The molecule has 2 unspecified atom stereocenters. The fraction of sp³-hybridized carbons (Fsp3) is 0.297. The number of hydrogen-bond acceptors (Lipinski definition) is 2. The van der Waals surface area contributed by atoms with Crippen molar-refractivity contribution in [3.63, 3.8) is 0 Å². The number of pyridine rings is 2. The lowest BCUT2D eigenvalue weighted by molar-refractivity contribution is 0.681. The van der Waals surface area contributed by atoms with Gasteiger partial charge in [-0.3, -0.25) is 9.97 Å². The van der Waals surface area contributed by atoms with Gasteiger partial charge in [0.05, 0.1) is 5.16 Å². The molecule has 2 heterocycles. The van der Waals surface area contributed by atoms with E-state index in [0.29, 0.717) is 0 Å². The first-order valence-corrected chi connectivity index (χ1v) is 16.6. The van der Waals surface area contributed by atoms with Gasteiger partial charge in [0, 0.05) is 30.7 Å². The number of benzene rings is 2. The highest BCUT2D eigenvalue weighted by Gasteiger charge is 2.46. The molecule has 2 atom stereocenters. The zero-order valence-electron chi connectivity index (χ0n) is 25.2. The van der Waals surface area contributed by atoms with E-state index in [1.807, 2.05) is 24.8 Å². The van der Waals surface area contributed by atoms with Crippen LogP contribution >= 0.6 is 17.2 Å². The van der Waals surface area contributed by atoms with Gasteiger partial charge >= 0.3 is 0 Å². The monoisotopic (exact) mass is 576 g/mol. The van der Waals surface area contributed by atoms with Gasteiger partial charge in [0.25, 0.3) is 0 Å². The Morgan fingerprint density at radius 1 is 0.659 bits per heavy atom. The van der Waals surface area contributed by atoms with Crippen molar-refractivity contribution in [2.45, 2.75) is 57.0 Å². The van der Waals surface area contributed by atoms with Crippen LogP contribution < -0.4 is 0 Å². The van der Waals surface area contributed by atoms with Gasteiger partial charge in [-0.2, -0.15) is 0 Å². The van der Waals surface area contributed by atoms with E-state index in [9.17, 15) is 0 Å². The van der Waals surface area contributed by atoms with E-state index < -0.39 is 5.16 Å². The molecule has 1 aliphatic carbocycles. The number of aromatic nitrogens is 2. The zero-order valence-corrected chi connectivity index (χ0v) is 27.2. The number of nitrogens with zero attached hydrogens (tertiary/aromatic N) is 2. The minimum absolute atomic E-state index is 0.197. The Labute approximate surface area is 250 Å². The Morgan fingerprint density at radius 3 is 1.59 bits per heavy atom.